The molecule has 8 heteroatoms. The molecule has 1 heterocycles. The Labute approximate surface area is 178 Å². The third kappa shape index (κ3) is 6.26. The van der Waals surface area contributed by atoms with E-state index in [9.17, 15) is 22.8 Å². The highest BCUT2D eigenvalue weighted by Crippen LogP contribution is 2.38. The second-order valence-electron chi connectivity index (χ2n) is 7.06. The molecule has 0 spiro atoms. The fraction of sp³-hybridized carbons (Fsp3) is 0.364. The van der Waals surface area contributed by atoms with Gasteiger partial charge in [0.2, 0.25) is 5.91 Å². The first-order chi connectivity index (χ1) is 14.3. The van der Waals surface area contributed by atoms with Crippen molar-refractivity contribution in [3.05, 3.63) is 65.7 Å². The van der Waals surface area contributed by atoms with Crippen molar-refractivity contribution < 1.29 is 22.8 Å². The van der Waals surface area contributed by atoms with Crippen LogP contribution in [0.25, 0.3) is 0 Å². The molecular weight excluding hydrogens is 413 g/mol. The van der Waals surface area contributed by atoms with Crippen LogP contribution in [-0.2, 0) is 11.2 Å². The number of carbonyl (C=O) groups is 2. The zero-order valence-electron chi connectivity index (χ0n) is 16.4. The molecule has 1 aliphatic rings. The first-order valence-electron chi connectivity index (χ1n) is 9.79. The zero-order valence-corrected chi connectivity index (χ0v) is 17.2. The Balaban J connectivity index is 1.50. The number of aryl methyl sites for hydroxylation is 1. The van der Waals surface area contributed by atoms with Crippen molar-refractivity contribution in [3.63, 3.8) is 0 Å². The maximum Gasteiger partial charge on any atom is 0.446 e. The molecule has 0 unspecified atom stereocenters. The van der Waals surface area contributed by atoms with E-state index in [1.807, 2.05) is 30.3 Å². The van der Waals surface area contributed by atoms with Crippen molar-refractivity contribution in [1.82, 2.24) is 9.80 Å². The molecule has 4 nitrogen and oxygen atoms in total. The molecule has 0 N–H and O–H groups in total. The second kappa shape index (κ2) is 10.0. The summed E-state index contributed by atoms with van der Waals surface area (Å²) in [6.07, 6.45) is 2.02. The number of nitrogens with zero attached hydrogens (tertiary/aromatic N) is 2. The van der Waals surface area contributed by atoms with E-state index in [1.54, 1.807) is 11.0 Å². The number of thioether (sulfide) groups is 1. The fourth-order valence-electron chi connectivity index (χ4n) is 3.43. The van der Waals surface area contributed by atoms with Crippen LogP contribution in [0.15, 0.2) is 59.5 Å². The molecular formula is C22H23F3N2O2S. The van der Waals surface area contributed by atoms with Crippen molar-refractivity contribution in [2.75, 3.05) is 26.2 Å². The molecule has 0 aliphatic carbocycles. The topological polar surface area (TPSA) is 40.6 Å². The van der Waals surface area contributed by atoms with E-state index in [0.717, 1.165) is 12.8 Å². The third-order valence-corrected chi connectivity index (χ3v) is 5.77. The van der Waals surface area contributed by atoms with E-state index in [0.29, 0.717) is 32.6 Å². The van der Waals surface area contributed by atoms with Crippen molar-refractivity contribution in [2.45, 2.75) is 29.7 Å². The summed E-state index contributed by atoms with van der Waals surface area (Å²) in [4.78, 5) is 28.3. The van der Waals surface area contributed by atoms with Crippen LogP contribution < -0.4 is 0 Å². The first-order valence-corrected chi connectivity index (χ1v) is 10.6. The molecule has 0 atom stereocenters. The van der Waals surface area contributed by atoms with Crippen LogP contribution in [0.2, 0.25) is 0 Å². The van der Waals surface area contributed by atoms with Crippen molar-refractivity contribution in [1.29, 1.82) is 0 Å². The Kier molecular flexibility index (Phi) is 7.42. The van der Waals surface area contributed by atoms with Crippen LogP contribution >= 0.6 is 11.8 Å². The molecule has 1 saturated heterocycles. The van der Waals surface area contributed by atoms with Gasteiger partial charge in [-0.05, 0) is 42.3 Å². The highest BCUT2D eigenvalue weighted by Gasteiger charge is 2.32. The Hall–Kier alpha value is -2.48. The van der Waals surface area contributed by atoms with E-state index in [4.69, 9.17) is 0 Å². The average molecular weight is 436 g/mol. The zero-order chi connectivity index (χ0) is 21.6. The van der Waals surface area contributed by atoms with Gasteiger partial charge < -0.3 is 9.80 Å². The maximum atomic E-state index is 12.8. The summed E-state index contributed by atoms with van der Waals surface area (Å²) < 4.78 is 38.3. The molecule has 30 heavy (non-hydrogen) atoms. The summed E-state index contributed by atoms with van der Waals surface area (Å²) in [5, 5.41) is 0. The molecule has 1 fully saturated rings. The Bertz CT molecular complexity index is 866. The number of alkyl halides is 3. The van der Waals surface area contributed by atoms with E-state index in [-0.39, 0.29) is 28.1 Å². The minimum atomic E-state index is -4.46. The summed E-state index contributed by atoms with van der Waals surface area (Å²) in [6.45, 7) is 1.41. The lowest BCUT2D eigenvalue weighted by molar-refractivity contribution is -0.132. The van der Waals surface area contributed by atoms with Crippen LogP contribution in [0.1, 0.15) is 28.8 Å². The highest BCUT2D eigenvalue weighted by atomic mass is 32.2. The van der Waals surface area contributed by atoms with E-state index in [1.165, 1.54) is 28.7 Å². The van der Waals surface area contributed by atoms with Gasteiger partial charge in [-0.15, -0.1) is 0 Å². The number of rotatable bonds is 6. The molecule has 160 valence electrons. The summed E-state index contributed by atoms with van der Waals surface area (Å²) in [5.41, 5.74) is -3.22. The number of halogens is 3. The van der Waals surface area contributed by atoms with Gasteiger partial charge in [0.05, 0.1) is 5.56 Å². The van der Waals surface area contributed by atoms with Crippen LogP contribution in [0.4, 0.5) is 13.2 Å². The predicted octanol–water partition coefficient (Wildman–Crippen LogP) is 4.61. The van der Waals surface area contributed by atoms with Gasteiger partial charge in [-0.2, -0.15) is 13.2 Å². The van der Waals surface area contributed by atoms with Gasteiger partial charge in [0, 0.05) is 37.5 Å². The van der Waals surface area contributed by atoms with Gasteiger partial charge in [-0.1, -0.05) is 42.5 Å². The van der Waals surface area contributed by atoms with Gasteiger partial charge in [0.15, 0.2) is 0 Å². The van der Waals surface area contributed by atoms with Gasteiger partial charge in [-0.25, -0.2) is 0 Å². The van der Waals surface area contributed by atoms with E-state index >= 15 is 0 Å². The molecule has 0 saturated carbocycles. The molecule has 0 radical (unpaired) electrons. The summed E-state index contributed by atoms with van der Waals surface area (Å²) >= 11 is -0.280. The van der Waals surface area contributed by atoms with E-state index < -0.39 is 11.4 Å². The van der Waals surface area contributed by atoms with Gasteiger partial charge in [0.1, 0.15) is 0 Å². The number of carbonyl (C=O) groups excluding carboxylic acids is 2. The van der Waals surface area contributed by atoms with Crippen molar-refractivity contribution in [3.8, 4) is 0 Å². The predicted molar refractivity (Wildman–Crippen MR) is 110 cm³/mol. The first kappa shape index (κ1) is 22.2. The fourth-order valence-corrected chi connectivity index (χ4v) is 4.09. The molecule has 2 amide bonds. The van der Waals surface area contributed by atoms with Gasteiger partial charge in [-0.3, -0.25) is 9.59 Å². The van der Waals surface area contributed by atoms with Crippen LogP contribution in [-0.4, -0.2) is 53.3 Å². The third-order valence-electron chi connectivity index (χ3n) is 4.96. The highest BCUT2D eigenvalue weighted by molar-refractivity contribution is 8.00. The van der Waals surface area contributed by atoms with Crippen LogP contribution in [0.3, 0.4) is 0 Å². The lowest BCUT2D eigenvalue weighted by atomic mass is 10.1. The molecule has 1 aliphatic heterocycles. The minimum absolute atomic E-state index is 0.0439. The van der Waals surface area contributed by atoms with Gasteiger partial charge >= 0.3 is 5.51 Å². The van der Waals surface area contributed by atoms with Gasteiger partial charge in [0.25, 0.3) is 5.91 Å². The monoisotopic (exact) mass is 436 g/mol. The summed E-state index contributed by atoms with van der Waals surface area (Å²) in [6, 6.07) is 15.7. The number of piperazine rings is 1. The largest absolute Gasteiger partial charge is 0.446 e. The quantitative estimate of drug-likeness (QED) is 0.621. The van der Waals surface area contributed by atoms with E-state index in [2.05, 4.69) is 0 Å². The normalized spacial score (nSPS) is 14.6. The molecule has 2 aromatic carbocycles. The molecule has 2 aromatic rings. The smallest absolute Gasteiger partial charge is 0.339 e. The number of benzene rings is 2. The molecule has 0 bridgehead atoms. The lowest BCUT2D eigenvalue weighted by Gasteiger charge is -2.35. The van der Waals surface area contributed by atoms with Crippen molar-refractivity contribution >= 4 is 23.6 Å². The Morgan fingerprint density at radius 3 is 2.13 bits per heavy atom. The molecule has 0 aromatic heterocycles. The summed E-state index contributed by atoms with van der Waals surface area (Å²) in [5.74, 6) is -0.385. The number of hydrogen-bond donors (Lipinski definition) is 0. The standard InChI is InChI=1S/C22H23F3N2O2S/c23-22(24,25)30-19-11-5-4-10-18(19)21(29)27-15-13-26(14-16-27)20(28)12-6-9-17-7-2-1-3-8-17/h1-5,7-8,10-11H,6,9,12-16H2. The maximum absolute atomic E-state index is 12.8. The second-order valence-corrected chi connectivity index (χ2v) is 8.16. The average Bonchev–Trinajstić information content (AvgIpc) is 2.73. The minimum Gasteiger partial charge on any atom is -0.339 e. The number of amides is 2. The van der Waals surface area contributed by atoms with Crippen LogP contribution in [0, 0.1) is 0 Å². The SMILES string of the molecule is O=C(CCCc1ccccc1)N1CCN(C(=O)c2ccccc2SC(F)(F)F)CC1. The van der Waals surface area contributed by atoms with Crippen molar-refractivity contribution in [2.24, 2.45) is 0 Å². The number of hydrogen-bond acceptors (Lipinski definition) is 3. The Morgan fingerprint density at radius 1 is 0.867 bits per heavy atom. The lowest BCUT2D eigenvalue weighted by Crippen LogP contribution is -2.50. The summed E-state index contributed by atoms with van der Waals surface area (Å²) in [7, 11) is 0. The molecule has 3 rings (SSSR count). The Morgan fingerprint density at radius 2 is 1.47 bits per heavy atom. The van der Waals surface area contributed by atoms with Crippen LogP contribution in [0.5, 0.6) is 0 Å².